The van der Waals surface area contributed by atoms with E-state index in [1.165, 1.54) is 11.3 Å². The van der Waals surface area contributed by atoms with Crippen LogP contribution in [0.25, 0.3) is 21.5 Å². The zero-order valence-electron chi connectivity index (χ0n) is 12.3. The molecule has 23 heavy (non-hydrogen) atoms. The third-order valence-electron chi connectivity index (χ3n) is 3.97. The smallest absolute Gasteiger partial charge is 0.269 e. The lowest BCUT2D eigenvalue weighted by atomic mass is 9.99. The van der Waals surface area contributed by atoms with Gasteiger partial charge in [0.05, 0.1) is 17.4 Å². The molecule has 2 N–H and O–H groups in total. The first kappa shape index (κ1) is 16.0. The maximum absolute atomic E-state index is 6.36. The fraction of sp³-hybridized carbons (Fsp3) is 0.333. The minimum atomic E-state index is -0.434. The molecule has 0 radical (unpaired) electrons. The van der Waals surface area contributed by atoms with Crippen LogP contribution >= 0.6 is 23.7 Å². The Morgan fingerprint density at radius 3 is 2.74 bits per heavy atom. The summed E-state index contributed by atoms with van der Waals surface area (Å²) in [5.41, 5.74) is 6.76. The van der Waals surface area contributed by atoms with Gasteiger partial charge in [-0.15, -0.1) is 23.7 Å². The number of pyridine rings is 1. The van der Waals surface area contributed by atoms with Crippen molar-refractivity contribution >= 4 is 23.7 Å². The molecule has 3 heterocycles. The predicted octanol–water partition coefficient (Wildman–Crippen LogP) is 3.40. The van der Waals surface area contributed by atoms with Crippen molar-refractivity contribution in [2.75, 3.05) is 0 Å². The Labute approximate surface area is 143 Å². The van der Waals surface area contributed by atoms with E-state index in [1.807, 2.05) is 18.2 Å². The van der Waals surface area contributed by atoms with Gasteiger partial charge in [0, 0.05) is 6.20 Å². The van der Waals surface area contributed by atoms with Gasteiger partial charge >= 0.3 is 0 Å². The van der Waals surface area contributed by atoms with Crippen LogP contribution in [-0.4, -0.2) is 20.1 Å². The van der Waals surface area contributed by atoms with Gasteiger partial charge in [0.15, 0.2) is 5.82 Å². The van der Waals surface area contributed by atoms with Crippen LogP contribution < -0.4 is 5.73 Å². The summed E-state index contributed by atoms with van der Waals surface area (Å²) in [7, 11) is 0. The molecular formula is C15H16ClN5OS. The first-order chi connectivity index (χ1) is 10.7. The number of thiazole rings is 1. The second-order valence-electron chi connectivity index (χ2n) is 5.53. The Bertz CT molecular complexity index is 782. The van der Waals surface area contributed by atoms with Crippen molar-refractivity contribution < 1.29 is 4.52 Å². The van der Waals surface area contributed by atoms with E-state index < -0.39 is 5.54 Å². The van der Waals surface area contributed by atoms with Gasteiger partial charge in [-0.1, -0.05) is 24.1 Å². The minimum Gasteiger partial charge on any atom is -0.333 e. The topological polar surface area (TPSA) is 90.7 Å². The third-order valence-corrected chi connectivity index (χ3v) is 4.98. The molecule has 0 aromatic carbocycles. The molecule has 3 aromatic heterocycles. The highest BCUT2D eigenvalue weighted by molar-refractivity contribution is 7.18. The molecule has 0 bridgehead atoms. The molecule has 4 rings (SSSR count). The van der Waals surface area contributed by atoms with Gasteiger partial charge in [0.2, 0.25) is 0 Å². The Morgan fingerprint density at radius 2 is 2.00 bits per heavy atom. The summed E-state index contributed by atoms with van der Waals surface area (Å²) < 4.78 is 5.39. The van der Waals surface area contributed by atoms with Crippen LogP contribution in [-0.2, 0) is 5.54 Å². The van der Waals surface area contributed by atoms with E-state index >= 15 is 0 Å². The van der Waals surface area contributed by atoms with Crippen LogP contribution in [0.2, 0.25) is 0 Å². The van der Waals surface area contributed by atoms with E-state index in [-0.39, 0.29) is 12.4 Å². The molecule has 120 valence electrons. The lowest BCUT2D eigenvalue weighted by Gasteiger charge is -2.17. The molecule has 8 heteroatoms. The van der Waals surface area contributed by atoms with Crippen molar-refractivity contribution in [3.63, 3.8) is 0 Å². The van der Waals surface area contributed by atoms with Gasteiger partial charge in [-0.05, 0) is 25.0 Å². The first-order valence-electron chi connectivity index (χ1n) is 7.25. The summed E-state index contributed by atoms with van der Waals surface area (Å²) in [5.74, 6) is 1.08. The number of nitrogens with zero attached hydrogens (tertiary/aromatic N) is 4. The fourth-order valence-corrected chi connectivity index (χ4v) is 3.55. The fourth-order valence-electron chi connectivity index (χ4n) is 2.74. The number of aromatic nitrogens is 4. The lowest BCUT2D eigenvalue weighted by Crippen LogP contribution is -2.34. The van der Waals surface area contributed by atoms with Crippen molar-refractivity contribution in [2.45, 2.75) is 31.2 Å². The zero-order chi connectivity index (χ0) is 15.0. The molecule has 1 aliphatic rings. The Hall–Kier alpha value is -1.83. The summed E-state index contributed by atoms with van der Waals surface area (Å²) in [6.07, 6.45) is 7.54. The first-order valence-corrected chi connectivity index (χ1v) is 8.07. The van der Waals surface area contributed by atoms with E-state index in [4.69, 9.17) is 10.3 Å². The molecule has 1 saturated carbocycles. The van der Waals surface area contributed by atoms with E-state index in [9.17, 15) is 0 Å². The molecule has 0 spiro atoms. The number of hydrogen-bond acceptors (Lipinski definition) is 7. The summed E-state index contributed by atoms with van der Waals surface area (Å²) in [6, 6.07) is 5.74. The summed E-state index contributed by atoms with van der Waals surface area (Å²) in [6.45, 7) is 0. The SMILES string of the molecule is Cl.NC1(c2noc(-c3cnc(-c4ccccn4)s3)n2)CCCC1. The summed E-state index contributed by atoms with van der Waals surface area (Å²) in [4.78, 5) is 14.0. The number of nitrogens with two attached hydrogens (primary N) is 1. The second kappa shape index (κ2) is 6.35. The van der Waals surface area contributed by atoms with Gasteiger partial charge < -0.3 is 10.3 Å². The number of rotatable bonds is 3. The maximum atomic E-state index is 6.36. The van der Waals surface area contributed by atoms with Gasteiger partial charge in [0.25, 0.3) is 5.89 Å². The van der Waals surface area contributed by atoms with Crippen molar-refractivity contribution in [1.29, 1.82) is 0 Å². The van der Waals surface area contributed by atoms with Crippen molar-refractivity contribution in [3.8, 4) is 21.5 Å². The van der Waals surface area contributed by atoms with Crippen molar-refractivity contribution in [3.05, 3.63) is 36.4 Å². The molecule has 6 nitrogen and oxygen atoms in total. The van der Waals surface area contributed by atoms with Gasteiger partial charge in [-0.2, -0.15) is 4.98 Å². The Balaban J connectivity index is 0.00000156. The molecule has 1 fully saturated rings. The number of halogens is 1. The number of hydrogen-bond donors (Lipinski definition) is 1. The van der Waals surface area contributed by atoms with E-state index in [0.29, 0.717) is 11.7 Å². The highest BCUT2D eigenvalue weighted by Gasteiger charge is 2.36. The monoisotopic (exact) mass is 349 g/mol. The predicted molar refractivity (Wildman–Crippen MR) is 90.2 cm³/mol. The van der Waals surface area contributed by atoms with Crippen molar-refractivity contribution in [1.82, 2.24) is 20.1 Å². The normalized spacial score (nSPS) is 16.2. The standard InChI is InChI=1S/C15H15N5OS.ClH/c16-15(6-2-3-7-15)14-19-12(21-20-14)11-9-18-13(22-11)10-5-1-4-8-17-10;/h1,4-5,8-9H,2-3,6-7,16H2;1H. The molecule has 0 atom stereocenters. The van der Waals surface area contributed by atoms with Gasteiger partial charge in [0.1, 0.15) is 9.88 Å². The molecule has 1 aliphatic carbocycles. The van der Waals surface area contributed by atoms with Crippen LogP contribution in [0.1, 0.15) is 31.5 Å². The van der Waals surface area contributed by atoms with Crippen LogP contribution in [0.4, 0.5) is 0 Å². The Morgan fingerprint density at radius 1 is 1.17 bits per heavy atom. The molecule has 3 aromatic rings. The van der Waals surface area contributed by atoms with Gasteiger partial charge in [-0.3, -0.25) is 4.98 Å². The molecule has 0 unspecified atom stereocenters. The highest BCUT2D eigenvalue weighted by Crippen LogP contribution is 2.36. The lowest BCUT2D eigenvalue weighted by molar-refractivity contribution is 0.373. The average Bonchev–Trinajstić information content (AvgIpc) is 3.28. The van der Waals surface area contributed by atoms with Crippen molar-refractivity contribution in [2.24, 2.45) is 5.73 Å². The molecular weight excluding hydrogens is 334 g/mol. The minimum absolute atomic E-state index is 0. The van der Waals surface area contributed by atoms with E-state index in [1.54, 1.807) is 12.4 Å². The largest absolute Gasteiger partial charge is 0.333 e. The summed E-state index contributed by atoms with van der Waals surface area (Å²) in [5, 5.41) is 4.91. The van der Waals surface area contributed by atoms with Crippen LogP contribution in [0.5, 0.6) is 0 Å². The second-order valence-corrected chi connectivity index (χ2v) is 6.56. The molecule has 0 saturated heterocycles. The molecule has 0 aliphatic heterocycles. The zero-order valence-corrected chi connectivity index (χ0v) is 13.9. The molecule has 0 amide bonds. The van der Waals surface area contributed by atoms with E-state index in [0.717, 1.165) is 41.3 Å². The highest BCUT2D eigenvalue weighted by atomic mass is 35.5. The average molecular weight is 350 g/mol. The van der Waals surface area contributed by atoms with Crippen LogP contribution in [0.15, 0.2) is 35.1 Å². The van der Waals surface area contributed by atoms with E-state index in [2.05, 4.69) is 20.1 Å². The quantitative estimate of drug-likeness (QED) is 0.779. The van der Waals surface area contributed by atoms with Crippen LogP contribution in [0, 0.1) is 0 Å². The Kier molecular flexibility index (Phi) is 4.43. The van der Waals surface area contributed by atoms with Crippen LogP contribution in [0.3, 0.4) is 0 Å². The maximum Gasteiger partial charge on any atom is 0.269 e. The third kappa shape index (κ3) is 2.99. The summed E-state index contributed by atoms with van der Waals surface area (Å²) >= 11 is 1.48. The van der Waals surface area contributed by atoms with Gasteiger partial charge in [-0.25, -0.2) is 4.98 Å².